The summed E-state index contributed by atoms with van der Waals surface area (Å²) in [4.78, 5) is 0. The van der Waals surface area contributed by atoms with Crippen molar-refractivity contribution in [1.82, 2.24) is 0 Å². The smallest absolute Gasteiger partial charge is 0.0703 e. The summed E-state index contributed by atoms with van der Waals surface area (Å²) in [5.74, 6) is 0. The summed E-state index contributed by atoms with van der Waals surface area (Å²) in [6, 6.07) is 0. The van der Waals surface area contributed by atoms with Crippen molar-refractivity contribution in [1.29, 1.82) is 0 Å². The van der Waals surface area contributed by atoms with Gasteiger partial charge in [0.15, 0.2) is 0 Å². The second-order valence-corrected chi connectivity index (χ2v) is 10.9. The summed E-state index contributed by atoms with van der Waals surface area (Å²) in [6.07, 6.45) is 4.43. The largest absolute Gasteiger partial charge is 0.226 e. The fraction of sp³-hybridized carbons (Fsp3) is 1.00. The van der Waals surface area contributed by atoms with E-state index in [2.05, 4.69) is 12.5 Å². The van der Waals surface area contributed by atoms with E-state index in [0.29, 0.717) is 0 Å². The summed E-state index contributed by atoms with van der Waals surface area (Å²) < 4.78 is 4.81. The van der Waals surface area contributed by atoms with Gasteiger partial charge in [0.25, 0.3) is 0 Å². The van der Waals surface area contributed by atoms with Crippen LogP contribution in [0.25, 0.3) is 0 Å². The van der Waals surface area contributed by atoms with Crippen LogP contribution in [0.5, 0.6) is 0 Å². The molecule has 0 N–H and O–H groups in total. The minimum atomic E-state index is -0.370. The van der Waals surface area contributed by atoms with Gasteiger partial charge in [0, 0.05) is 0 Å². The van der Waals surface area contributed by atoms with E-state index in [4.69, 9.17) is 3.63 Å². The Morgan fingerprint density at radius 3 is 1.67 bits per heavy atom. The Hall–Kier alpha value is 1.01. The lowest BCUT2D eigenvalue weighted by molar-refractivity contribution is 0.776. The summed E-state index contributed by atoms with van der Waals surface area (Å²) in [6.45, 7) is 0. The molecule has 0 atom stereocenters. The van der Waals surface area contributed by atoms with Crippen LogP contribution in [0.4, 0.5) is 0 Å². The van der Waals surface area contributed by atoms with E-state index in [0.717, 1.165) is 0 Å². The Kier molecular flexibility index (Phi) is 1.29. The predicted octanol–water partition coefficient (Wildman–Crippen LogP) is 2.21. The van der Waals surface area contributed by atoms with Crippen LogP contribution in [0.3, 0.4) is 0 Å². The lowest BCUT2D eigenvalue weighted by Crippen LogP contribution is -1.90. The minimum Gasteiger partial charge on any atom is -0.226 e. The van der Waals surface area contributed by atoms with Crippen LogP contribution >= 0.6 is 30.2 Å². The van der Waals surface area contributed by atoms with Gasteiger partial charge in [-0.25, -0.2) is 3.63 Å². The molecule has 1 aliphatic rings. The van der Waals surface area contributed by atoms with Crippen molar-refractivity contribution in [2.24, 2.45) is 0 Å². The van der Waals surface area contributed by atoms with Crippen molar-refractivity contribution in [2.75, 3.05) is 12.5 Å². The molecule has 1 saturated heterocycles. The molecule has 1 rings (SSSR count). The van der Waals surface area contributed by atoms with Gasteiger partial charge in [-0.15, -0.1) is 0 Å². The zero-order chi connectivity index (χ0) is 4.62. The molecule has 0 saturated carbocycles. The van der Waals surface area contributed by atoms with Gasteiger partial charge in [-0.1, -0.05) is 8.09 Å². The summed E-state index contributed by atoms with van der Waals surface area (Å²) in [5, 5.41) is 0. The Morgan fingerprint density at radius 2 is 1.67 bits per heavy atom. The second-order valence-electron chi connectivity index (χ2n) is 1.35. The number of hydrogen-bond donors (Lipinski definition) is 0. The first-order valence-corrected chi connectivity index (χ1v) is 6.45. The summed E-state index contributed by atoms with van der Waals surface area (Å²) >= 11 is 3.22. The van der Waals surface area contributed by atoms with Crippen molar-refractivity contribution in [3.8, 4) is 0 Å². The van der Waals surface area contributed by atoms with Gasteiger partial charge >= 0.3 is 0 Å². The SMILES string of the molecule is CS1(C)SOS1. The van der Waals surface area contributed by atoms with Crippen molar-refractivity contribution in [3.63, 3.8) is 0 Å². The monoisotopic (exact) mass is 142 g/mol. The Labute approximate surface area is 46.7 Å². The highest BCUT2D eigenvalue weighted by atomic mass is 33.6. The van der Waals surface area contributed by atoms with Crippen LogP contribution in [0.15, 0.2) is 0 Å². The van der Waals surface area contributed by atoms with Gasteiger partial charge in [0.2, 0.25) is 0 Å². The van der Waals surface area contributed by atoms with Crippen LogP contribution in [-0.2, 0) is 3.63 Å². The van der Waals surface area contributed by atoms with Crippen LogP contribution in [0.2, 0.25) is 0 Å². The lowest BCUT2D eigenvalue weighted by atomic mass is 11.9. The van der Waals surface area contributed by atoms with E-state index < -0.39 is 0 Å². The third kappa shape index (κ3) is 0.992. The molecule has 1 aliphatic heterocycles. The molecule has 0 aliphatic carbocycles. The first-order chi connectivity index (χ1) is 2.71. The first kappa shape index (κ1) is 5.15. The Morgan fingerprint density at radius 1 is 1.33 bits per heavy atom. The van der Waals surface area contributed by atoms with Crippen LogP contribution in [0, 0.1) is 0 Å². The molecular formula is C2H6OS3. The van der Waals surface area contributed by atoms with E-state index in [9.17, 15) is 0 Å². The van der Waals surface area contributed by atoms with Crippen molar-refractivity contribution in [3.05, 3.63) is 0 Å². The average molecular weight is 142 g/mol. The van der Waals surface area contributed by atoms with Crippen LogP contribution in [-0.4, -0.2) is 12.5 Å². The third-order valence-corrected chi connectivity index (χ3v) is 5.45. The summed E-state index contributed by atoms with van der Waals surface area (Å²) in [7, 11) is -0.370. The normalized spacial score (nSPS) is 34.3. The molecule has 0 spiro atoms. The van der Waals surface area contributed by atoms with E-state index in [-0.39, 0.29) is 8.09 Å². The van der Waals surface area contributed by atoms with E-state index >= 15 is 0 Å². The first-order valence-electron chi connectivity index (χ1n) is 1.48. The fourth-order valence-electron chi connectivity index (χ4n) is 0.139. The molecule has 4 heteroatoms. The number of rotatable bonds is 0. The van der Waals surface area contributed by atoms with Crippen molar-refractivity contribution >= 4 is 30.2 Å². The van der Waals surface area contributed by atoms with Gasteiger partial charge in [-0.2, -0.15) is 0 Å². The van der Waals surface area contributed by atoms with Crippen molar-refractivity contribution in [2.45, 2.75) is 0 Å². The predicted molar refractivity (Wildman–Crippen MR) is 35.7 cm³/mol. The molecule has 6 heavy (non-hydrogen) atoms. The zero-order valence-corrected chi connectivity index (χ0v) is 6.08. The molecule has 0 aromatic heterocycles. The standard InChI is InChI=1S/C2H6OS3/c1-6(2)4-3-5-6/h1-2H3. The molecule has 0 bridgehead atoms. The van der Waals surface area contributed by atoms with Gasteiger partial charge in [0.1, 0.15) is 0 Å². The van der Waals surface area contributed by atoms with E-state index in [1.807, 2.05) is 0 Å². The number of hydrogen-bond acceptors (Lipinski definition) is 3. The maximum atomic E-state index is 4.81. The molecule has 38 valence electrons. The summed E-state index contributed by atoms with van der Waals surface area (Å²) in [5.41, 5.74) is 0. The highest BCUT2D eigenvalue weighted by Crippen LogP contribution is 2.76. The zero-order valence-electron chi connectivity index (χ0n) is 3.63. The molecule has 1 nitrogen and oxygen atoms in total. The quantitative estimate of drug-likeness (QED) is 0.379. The molecular weight excluding hydrogens is 136 g/mol. The molecule has 0 unspecified atom stereocenters. The topological polar surface area (TPSA) is 9.23 Å². The van der Waals surface area contributed by atoms with Crippen LogP contribution in [0.1, 0.15) is 0 Å². The van der Waals surface area contributed by atoms with Gasteiger partial charge < -0.3 is 0 Å². The molecule has 0 radical (unpaired) electrons. The highest BCUT2D eigenvalue weighted by molar-refractivity contribution is 9.28. The van der Waals surface area contributed by atoms with Gasteiger partial charge in [-0.3, -0.25) is 0 Å². The Bertz CT molecular complexity index is 55.8. The average Bonchev–Trinajstić information content (AvgIpc) is 1.32. The van der Waals surface area contributed by atoms with E-state index in [1.54, 1.807) is 22.1 Å². The Balaban J connectivity index is 2.31. The molecule has 0 aromatic rings. The molecule has 0 aromatic carbocycles. The second kappa shape index (κ2) is 1.51. The van der Waals surface area contributed by atoms with Gasteiger partial charge in [0.05, 0.1) is 22.1 Å². The molecule has 1 heterocycles. The molecule has 0 amide bonds. The minimum absolute atomic E-state index is 0.370. The lowest BCUT2D eigenvalue weighted by Gasteiger charge is -2.33. The molecule has 1 fully saturated rings. The maximum Gasteiger partial charge on any atom is 0.0703 e. The highest BCUT2D eigenvalue weighted by Gasteiger charge is 2.25. The van der Waals surface area contributed by atoms with E-state index in [1.165, 1.54) is 0 Å². The third-order valence-electron chi connectivity index (χ3n) is 0.383. The van der Waals surface area contributed by atoms with Crippen molar-refractivity contribution < 1.29 is 3.63 Å². The maximum absolute atomic E-state index is 4.81. The fourth-order valence-corrected chi connectivity index (χ4v) is 3.75. The van der Waals surface area contributed by atoms with Crippen LogP contribution < -0.4 is 0 Å². The van der Waals surface area contributed by atoms with Gasteiger partial charge in [-0.05, 0) is 12.5 Å².